The summed E-state index contributed by atoms with van der Waals surface area (Å²) in [5, 5.41) is 0. The van der Waals surface area contributed by atoms with Crippen LogP contribution in [0.25, 0.3) is 11.3 Å². The largest absolute Gasteiger partial charge is 0.256 e. The van der Waals surface area contributed by atoms with Gasteiger partial charge in [-0.3, -0.25) is 4.98 Å². The fourth-order valence-corrected chi connectivity index (χ4v) is 2.56. The van der Waals surface area contributed by atoms with E-state index in [1.54, 1.807) is 6.20 Å². The fourth-order valence-electron chi connectivity index (χ4n) is 2.56. The number of hydrogen-bond acceptors (Lipinski definition) is 1. The second-order valence-corrected chi connectivity index (χ2v) is 5.08. The number of rotatable bonds is 3. The van der Waals surface area contributed by atoms with Crippen molar-refractivity contribution < 1.29 is 4.39 Å². The number of aromatic nitrogens is 1. The standard InChI is InChI=1S/C19H16FN/c1-14(15-9-11-16(20)12-10-15)17-6-2-3-7-18(17)19-8-4-5-13-21-19/h2-14H,1H3. The van der Waals surface area contributed by atoms with Gasteiger partial charge >= 0.3 is 0 Å². The summed E-state index contributed by atoms with van der Waals surface area (Å²) in [6.45, 7) is 2.13. The maximum atomic E-state index is 13.1. The fraction of sp³-hybridized carbons (Fsp3) is 0.105. The molecule has 0 saturated carbocycles. The molecule has 104 valence electrons. The monoisotopic (exact) mass is 277 g/mol. The SMILES string of the molecule is CC(c1ccc(F)cc1)c1ccccc1-c1ccccn1. The lowest BCUT2D eigenvalue weighted by molar-refractivity contribution is 0.626. The molecule has 1 atom stereocenters. The van der Waals surface area contributed by atoms with Crippen LogP contribution in [-0.2, 0) is 0 Å². The molecule has 1 unspecified atom stereocenters. The summed E-state index contributed by atoms with van der Waals surface area (Å²) in [6.07, 6.45) is 1.80. The molecule has 0 amide bonds. The summed E-state index contributed by atoms with van der Waals surface area (Å²) in [5.41, 5.74) is 4.37. The minimum atomic E-state index is -0.205. The van der Waals surface area contributed by atoms with E-state index in [0.717, 1.165) is 16.8 Å². The van der Waals surface area contributed by atoms with Crippen molar-refractivity contribution in [3.8, 4) is 11.3 Å². The molecule has 21 heavy (non-hydrogen) atoms. The zero-order valence-electron chi connectivity index (χ0n) is 11.8. The Morgan fingerprint density at radius 3 is 2.29 bits per heavy atom. The third-order valence-corrected chi connectivity index (χ3v) is 3.74. The van der Waals surface area contributed by atoms with Crippen molar-refractivity contribution in [3.05, 3.63) is 89.9 Å². The van der Waals surface area contributed by atoms with Crippen molar-refractivity contribution in [3.63, 3.8) is 0 Å². The molecule has 1 nitrogen and oxygen atoms in total. The zero-order chi connectivity index (χ0) is 14.7. The highest BCUT2D eigenvalue weighted by Gasteiger charge is 2.14. The number of hydrogen-bond donors (Lipinski definition) is 0. The van der Waals surface area contributed by atoms with Crippen LogP contribution in [0.4, 0.5) is 4.39 Å². The van der Waals surface area contributed by atoms with Gasteiger partial charge in [-0.1, -0.05) is 49.4 Å². The molecule has 0 bridgehead atoms. The number of nitrogens with zero attached hydrogens (tertiary/aromatic N) is 1. The molecular formula is C19H16FN. The molecule has 2 aromatic carbocycles. The van der Waals surface area contributed by atoms with Crippen molar-refractivity contribution in [2.24, 2.45) is 0 Å². The Labute approximate surface area is 124 Å². The number of benzene rings is 2. The quantitative estimate of drug-likeness (QED) is 0.653. The predicted octanol–water partition coefficient (Wildman–Crippen LogP) is 5.04. The van der Waals surface area contributed by atoms with E-state index in [2.05, 4.69) is 24.0 Å². The molecule has 2 heteroatoms. The van der Waals surface area contributed by atoms with E-state index in [1.165, 1.54) is 17.7 Å². The van der Waals surface area contributed by atoms with Gasteiger partial charge in [-0.25, -0.2) is 4.39 Å². The van der Waals surface area contributed by atoms with E-state index in [4.69, 9.17) is 0 Å². The van der Waals surface area contributed by atoms with Crippen LogP contribution < -0.4 is 0 Å². The van der Waals surface area contributed by atoms with Crippen LogP contribution in [0.15, 0.2) is 72.9 Å². The average molecular weight is 277 g/mol. The van der Waals surface area contributed by atoms with Crippen molar-refractivity contribution in [1.82, 2.24) is 4.98 Å². The maximum absolute atomic E-state index is 13.1. The van der Waals surface area contributed by atoms with Crippen LogP contribution in [0, 0.1) is 5.82 Å². The van der Waals surface area contributed by atoms with Gasteiger partial charge in [0.05, 0.1) is 5.69 Å². The Kier molecular flexibility index (Phi) is 3.78. The van der Waals surface area contributed by atoms with Crippen molar-refractivity contribution in [2.45, 2.75) is 12.8 Å². The molecule has 0 spiro atoms. The minimum absolute atomic E-state index is 0.184. The molecule has 0 aliphatic heterocycles. The highest BCUT2D eigenvalue weighted by molar-refractivity contribution is 5.65. The van der Waals surface area contributed by atoms with Gasteiger partial charge in [-0.2, -0.15) is 0 Å². The van der Waals surface area contributed by atoms with E-state index >= 15 is 0 Å². The molecule has 1 aromatic heterocycles. The summed E-state index contributed by atoms with van der Waals surface area (Å²) in [5.74, 6) is -0.0206. The highest BCUT2D eigenvalue weighted by atomic mass is 19.1. The van der Waals surface area contributed by atoms with E-state index < -0.39 is 0 Å². The number of halogens is 1. The zero-order valence-corrected chi connectivity index (χ0v) is 11.8. The molecule has 0 aliphatic rings. The molecule has 0 fully saturated rings. The van der Waals surface area contributed by atoms with Gasteiger partial charge in [0.15, 0.2) is 0 Å². The van der Waals surface area contributed by atoms with E-state index in [1.807, 2.05) is 42.5 Å². The lowest BCUT2D eigenvalue weighted by atomic mass is 9.88. The molecular weight excluding hydrogens is 261 g/mol. The topological polar surface area (TPSA) is 12.9 Å². The van der Waals surface area contributed by atoms with Gasteiger partial charge in [0, 0.05) is 17.7 Å². The lowest BCUT2D eigenvalue weighted by Crippen LogP contribution is -1.99. The van der Waals surface area contributed by atoms with Crippen LogP contribution in [-0.4, -0.2) is 4.98 Å². The first-order valence-corrected chi connectivity index (χ1v) is 7.01. The van der Waals surface area contributed by atoms with E-state index in [9.17, 15) is 4.39 Å². The van der Waals surface area contributed by atoms with Crippen LogP contribution >= 0.6 is 0 Å². The van der Waals surface area contributed by atoms with Gasteiger partial charge in [0.1, 0.15) is 5.82 Å². The molecule has 0 radical (unpaired) electrons. The highest BCUT2D eigenvalue weighted by Crippen LogP contribution is 2.32. The summed E-state index contributed by atoms with van der Waals surface area (Å²) in [6, 6.07) is 20.9. The van der Waals surface area contributed by atoms with E-state index in [-0.39, 0.29) is 11.7 Å². The first-order valence-electron chi connectivity index (χ1n) is 7.01. The molecule has 3 rings (SSSR count). The van der Waals surface area contributed by atoms with Gasteiger partial charge in [-0.15, -0.1) is 0 Å². The Balaban J connectivity index is 2.05. The molecule has 3 aromatic rings. The summed E-state index contributed by atoms with van der Waals surface area (Å²) in [4.78, 5) is 4.44. The second-order valence-electron chi connectivity index (χ2n) is 5.08. The number of pyridine rings is 1. The van der Waals surface area contributed by atoms with Crippen molar-refractivity contribution in [2.75, 3.05) is 0 Å². The van der Waals surface area contributed by atoms with Gasteiger partial charge in [0.25, 0.3) is 0 Å². The Morgan fingerprint density at radius 1 is 0.857 bits per heavy atom. The Morgan fingerprint density at radius 2 is 1.57 bits per heavy atom. The maximum Gasteiger partial charge on any atom is 0.123 e. The molecule has 0 saturated heterocycles. The molecule has 1 heterocycles. The lowest BCUT2D eigenvalue weighted by Gasteiger charge is -2.16. The van der Waals surface area contributed by atoms with Gasteiger partial charge in [-0.05, 0) is 35.4 Å². The molecule has 0 aliphatic carbocycles. The Bertz CT molecular complexity index is 720. The second kappa shape index (κ2) is 5.88. The third kappa shape index (κ3) is 2.84. The minimum Gasteiger partial charge on any atom is -0.256 e. The first kappa shape index (κ1) is 13.5. The summed E-state index contributed by atoms with van der Waals surface area (Å²) in [7, 11) is 0. The molecule has 0 N–H and O–H groups in total. The summed E-state index contributed by atoms with van der Waals surface area (Å²) < 4.78 is 13.1. The van der Waals surface area contributed by atoms with Crippen LogP contribution in [0.3, 0.4) is 0 Å². The smallest absolute Gasteiger partial charge is 0.123 e. The predicted molar refractivity (Wildman–Crippen MR) is 83.6 cm³/mol. The van der Waals surface area contributed by atoms with Crippen LogP contribution in [0.2, 0.25) is 0 Å². The van der Waals surface area contributed by atoms with E-state index in [0.29, 0.717) is 0 Å². The van der Waals surface area contributed by atoms with Crippen LogP contribution in [0.5, 0.6) is 0 Å². The average Bonchev–Trinajstić information content (AvgIpc) is 2.56. The van der Waals surface area contributed by atoms with Crippen molar-refractivity contribution in [1.29, 1.82) is 0 Å². The van der Waals surface area contributed by atoms with Crippen molar-refractivity contribution >= 4 is 0 Å². The summed E-state index contributed by atoms with van der Waals surface area (Å²) >= 11 is 0. The van der Waals surface area contributed by atoms with Gasteiger partial charge < -0.3 is 0 Å². The Hall–Kier alpha value is -2.48. The first-order chi connectivity index (χ1) is 10.3. The van der Waals surface area contributed by atoms with Crippen LogP contribution in [0.1, 0.15) is 24.0 Å². The third-order valence-electron chi connectivity index (χ3n) is 3.74. The normalized spacial score (nSPS) is 12.1. The van der Waals surface area contributed by atoms with Gasteiger partial charge in [0.2, 0.25) is 0 Å².